The number of urea groups is 1. The topological polar surface area (TPSA) is 149 Å². The molecule has 1 aliphatic rings. The number of hydrazone groups is 1. The number of allylic oxidation sites excluding steroid dienone is 1. The van der Waals surface area contributed by atoms with Crippen molar-refractivity contribution in [3.05, 3.63) is 57.2 Å². The second-order valence-electron chi connectivity index (χ2n) is 8.61. The van der Waals surface area contributed by atoms with Crippen molar-refractivity contribution in [1.82, 2.24) is 16.1 Å². The number of nitrogens with zero attached hydrogens (tertiary/aromatic N) is 1. The molecule has 1 aliphatic heterocycles. The molecule has 0 aliphatic carbocycles. The van der Waals surface area contributed by atoms with Crippen LogP contribution in [0.5, 0.6) is 23.0 Å². The molecule has 41 heavy (non-hydrogen) atoms. The summed E-state index contributed by atoms with van der Waals surface area (Å²) in [6.07, 6.45) is 0.395. The largest absolute Gasteiger partial charge is 0.490 e. The summed E-state index contributed by atoms with van der Waals surface area (Å²) in [4.78, 5) is 24.5. The first-order valence-corrected chi connectivity index (χ1v) is 13.8. The molecule has 0 saturated carbocycles. The third-order valence-electron chi connectivity index (χ3n) is 5.73. The minimum atomic E-state index is -1.14. The van der Waals surface area contributed by atoms with Gasteiger partial charge in [-0.05, 0) is 79.0 Å². The summed E-state index contributed by atoms with van der Waals surface area (Å²) in [6.45, 7) is 8.37. The van der Waals surface area contributed by atoms with Gasteiger partial charge >= 0.3 is 12.0 Å². The number of esters is 1. The number of carbonyl (C=O) groups excluding carboxylic acids is 2. The van der Waals surface area contributed by atoms with Crippen molar-refractivity contribution in [3.8, 4) is 23.0 Å². The number of aliphatic hydroxyl groups is 1. The lowest BCUT2D eigenvalue weighted by Gasteiger charge is -2.28. The molecule has 0 radical (unpaired) electrons. The van der Waals surface area contributed by atoms with Crippen molar-refractivity contribution in [3.63, 3.8) is 0 Å². The maximum absolute atomic E-state index is 12.4. The van der Waals surface area contributed by atoms with Gasteiger partial charge in [-0.25, -0.2) is 9.59 Å². The molecule has 2 aromatic carbocycles. The SMILES string of the molecule is CCOc1cc([C@@H]2NC(=O)NC(C)=C2C(=O)OC)ccc1OC[C@H](O)N/N=C/c1cc(Br)c(OCC)c(OCC)c1. The normalized spacial score (nSPS) is 15.6. The van der Waals surface area contributed by atoms with Crippen molar-refractivity contribution in [2.24, 2.45) is 5.10 Å². The Hall–Kier alpha value is -3.97. The highest BCUT2D eigenvalue weighted by molar-refractivity contribution is 9.10. The maximum atomic E-state index is 12.4. The summed E-state index contributed by atoms with van der Waals surface area (Å²) in [5.41, 5.74) is 4.60. The highest BCUT2D eigenvalue weighted by atomic mass is 79.9. The summed E-state index contributed by atoms with van der Waals surface area (Å²) in [6, 6.07) is 7.42. The number of aliphatic hydroxyl groups excluding tert-OH is 1. The molecule has 2 aromatic rings. The first-order valence-electron chi connectivity index (χ1n) is 13.0. The molecule has 2 amide bonds. The van der Waals surface area contributed by atoms with Gasteiger partial charge in [0.1, 0.15) is 6.61 Å². The lowest BCUT2D eigenvalue weighted by molar-refractivity contribution is -0.136. The van der Waals surface area contributed by atoms with E-state index < -0.39 is 24.3 Å². The Balaban J connectivity index is 1.70. The predicted molar refractivity (Wildman–Crippen MR) is 155 cm³/mol. The van der Waals surface area contributed by atoms with Crippen LogP contribution in [-0.2, 0) is 9.53 Å². The summed E-state index contributed by atoms with van der Waals surface area (Å²) in [5, 5.41) is 19.8. The number of benzene rings is 2. The summed E-state index contributed by atoms with van der Waals surface area (Å²) >= 11 is 3.49. The fourth-order valence-electron chi connectivity index (χ4n) is 4.03. The monoisotopic (exact) mass is 634 g/mol. The van der Waals surface area contributed by atoms with Crippen LogP contribution >= 0.6 is 15.9 Å². The van der Waals surface area contributed by atoms with Gasteiger partial charge in [-0.15, -0.1) is 0 Å². The number of hydrogen-bond acceptors (Lipinski definition) is 10. The number of nitrogens with one attached hydrogen (secondary N) is 3. The van der Waals surface area contributed by atoms with Crippen LogP contribution in [0.1, 0.15) is 44.9 Å². The van der Waals surface area contributed by atoms with E-state index in [1.807, 2.05) is 26.8 Å². The van der Waals surface area contributed by atoms with Gasteiger partial charge in [-0.2, -0.15) is 5.10 Å². The van der Waals surface area contributed by atoms with Gasteiger partial charge in [0.25, 0.3) is 0 Å². The van der Waals surface area contributed by atoms with Crippen LogP contribution < -0.4 is 35.0 Å². The lowest BCUT2D eigenvalue weighted by Crippen LogP contribution is -2.45. The van der Waals surface area contributed by atoms with E-state index >= 15 is 0 Å². The standard InChI is InChI=1S/C28H35BrN4O8/c1-6-38-21-13-18(25-24(27(35)37-5)16(4)31-28(36)32-25)9-10-20(21)41-15-23(34)33-30-14-17-11-19(29)26(40-8-3)22(12-17)39-7-2/h9-14,23,25,33-34H,6-8,15H2,1-5H3,(H2,31,32,36)/b30-14+/t23-,25-/m0/s1. The molecular formula is C28H35BrN4O8. The fraction of sp³-hybridized carbons (Fsp3) is 0.393. The van der Waals surface area contributed by atoms with E-state index in [-0.39, 0.29) is 12.2 Å². The number of rotatable bonds is 14. The number of methoxy groups -OCH3 is 1. The molecule has 1 heterocycles. The summed E-state index contributed by atoms with van der Waals surface area (Å²) < 4.78 is 28.5. The number of halogens is 1. The van der Waals surface area contributed by atoms with Crippen molar-refractivity contribution < 1.29 is 38.4 Å². The van der Waals surface area contributed by atoms with Crippen LogP contribution in [0, 0.1) is 0 Å². The van der Waals surface area contributed by atoms with E-state index in [2.05, 4.69) is 37.1 Å². The van der Waals surface area contributed by atoms with Gasteiger partial charge < -0.3 is 39.4 Å². The molecule has 2 atom stereocenters. The summed E-state index contributed by atoms with van der Waals surface area (Å²) in [7, 11) is 1.28. The van der Waals surface area contributed by atoms with Gasteiger partial charge in [0.2, 0.25) is 0 Å². The van der Waals surface area contributed by atoms with Crippen molar-refractivity contribution in [2.75, 3.05) is 33.5 Å². The zero-order valence-electron chi connectivity index (χ0n) is 23.6. The van der Waals surface area contributed by atoms with E-state index in [0.29, 0.717) is 54.1 Å². The number of ether oxygens (including phenoxy) is 5. The smallest absolute Gasteiger partial charge is 0.337 e. The Bertz CT molecular complexity index is 1300. The number of carbonyl (C=O) groups is 2. The number of amides is 2. The van der Waals surface area contributed by atoms with Crippen molar-refractivity contribution >= 4 is 34.1 Å². The van der Waals surface area contributed by atoms with E-state index in [4.69, 9.17) is 23.7 Å². The molecule has 12 nitrogen and oxygen atoms in total. The first-order chi connectivity index (χ1) is 19.7. The Morgan fingerprint density at radius 2 is 1.78 bits per heavy atom. The van der Waals surface area contributed by atoms with Gasteiger partial charge in [0.15, 0.2) is 29.2 Å². The fourth-order valence-corrected chi connectivity index (χ4v) is 4.60. The molecule has 222 valence electrons. The third kappa shape index (κ3) is 8.27. The minimum absolute atomic E-state index is 0.148. The molecule has 13 heteroatoms. The molecule has 0 aromatic heterocycles. The van der Waals surface area contributed by atoms with E-state index in [1.165, 1.54) is 13.3 Å². The van der Waals surface area contributed by atoms with Crippen LogP contribution in [0.25, 0.3) is 0 Å². The molecule has 3 rings (SSSR count). The summed E-state index contributed by atoms with van der Waals surface area (Å²) in [5.74, 6) is 1.35. The quantitative estimate of drug-likeness (QED) is 0.105. The Morgan fingerprint density at radius 1 is 1.07 bits per heavy atom. The second-order valence-corrected chi connectivity index (χ2v) is 9.47. The van der Waals surface area contributed by atoms with E-state index in [1.54, 1.807) is 31.2 Å². The zero-order valence-corrected chi connectivity index (χ0v) is 25.2. The average Bonchev–Trinajstić information content (AvgIpc) is 2.93. The van der Waals surface area contributed by atoms with Crippen LogP contribution in [0.3, 0.4) is 0 Å². The Morgan fingerprint density at radius 3 is 2.46 bits per heavy atom. The maximum Gasteiger partial charge on any atom is 0.337 e. The minimum Gasteiger partial charge on any atom is -0.490 e. The highest BCUT2D eigenvalue weighted by Crippen LogP contribution is 2.37. The molecule has 0 spiro atoms. The molecule has 0 fully saturated rings. The van der Waals surface area contributed by atoms with Crippen molar-refractivity contribution in [1.29, 1.82) is 0 Å². The van der Waals surface area contributed by atoms with Gasteiger partial charge in [0, 0.05) is 5.70 Å². The number of hydrogen-bond donors (Lipinski definition) is 4. The van der Waals surface area contributed by atoms with Crippen LogP contribution in [0.15, 0.2) is 51.2 Å². The molecular weight excluding hydrogens is 600 g/mol. The van der Waals surface area contributed by atoms with Crippen LogP contribution in [0.2, 0.25) is 0 Å². The molecule has 0 bridgehead atoms. The Labute approximate surface area is 247 Å². The predicted octanol–water partition coefficient (Wildman–Crippen LogP) is 3.77. The Kier molecular flexibility index (Phi) is 11.7. The van der Waals surface area contributed by atoms with E-state index in [0.717, 1.165) is 10.0 Å². The molecule has 0 saturated heterocycles. The molecule has 0 unspecified atom stereocenters. The van der Waals surface area contributed by atoms with Gasteiger partial charge in [0.05, 0.1) is 49.2 Å². The lowest BCUT2D eigenvalue weighted by atomic mass is 9.95. The van der Waals surface area contributed by atoms with Crippen LogP contribution in [-0.4, -0.2) is 63.1 Å². The second kappa shape index (κ2) is 15.1. The zero-order chi connectivity index (χ0) is 29.9. The van der Waals surface area contributed by atoms with Gasteiger partial charge in [-0.1, -0.05) is 6.07 Å². The van der Waals surface area contributed by atoms with Crippen molar-refractivity contribution in [2.45, 2.75) is 40.0 Å². The highest BCUT2D eigenvalue weighted by Gasteiger charge is 2.32. The third-order valence-corrected chi connectivity index (χ3v) is 6.32. The van der Waals surface area contributed by atoms with E-state index in [9.17, 15) is 14.7 Å². The average molecular weight is 636 g/mol. The van der Waals surface area contributed by atoms with Crippen LogP contribution in [0.4, 0.5) is 4.79 Å². The first kappa shape index (κ1) is 31.6. The van der Waals surface area contributed by atoms with Gasteiger partial charge in [-0.3, -0.25) is 5.43 Å². The molecule has 4 N–H and O–H groups in total.